The van der Waals surface area contributed by atoms with Gasteiger partial charge in [0.15, 0.2) is 0 Å². The molecule has 6 nitrogen and oxygen atoms in total. The molecule has 1 saturated heterocycles. The van der Waals surface area contributed by atoms with Crippen molar-refractivity contribution in [1.29, 1.82) is 0 Å². The number of aromatic nitrogens is 1. The Bertz CT molecular complexity index is 1040. The third-order valence-electron chi connectivity index (χ3n) is 5.18. The van der Waals surface area contributed by atoms with Crippen LogP contribution in [-0.2, 0) is 11.3 Å². The Morgan fingerprint density at radius 2 is 1.74 bits per heavy atom. The number of benzene rings is 2. The zero-order valence-corrected chi connectivity index (χ0v) is 18.4. The highest BCUT2D eigenvalue weighted by Crippen LogP contribution is 2.25. The summed E-state index contributed by atoms with van der Waals surface area (Å²) in [6, 6.07) is 18.2. The second-order valence-corrected chi connectivity index (χ2v) is 8.78. The molecular weight excluding hydrogens is 390 g/mol. The van der Waals surface area contributed by atoms with E-state index < -0.39 is 5.60 Å². The predicted octanol–water partition coefficient (Wildman–Crippen LogP) is 4.87. The lowest BCUT2D eigenvalue weighted by molar-refractivity contribution is 0.0240. The molecule has 2 heterocycles. The van der Waals surface area contributed by atoms with Gasteiger partial charge < -0.3 is 19.3 Å². The van der Waals surface area contributed by atoms with Gasteiger partial charge in [-0.1, -0.05) is 30.3 Å². The highest BCUT2D eigenvalue weighted by atomic mass is 16.6. The summed E-state index contributed by atoms with van der Waals surface area (Å²) < 4.78 is 11.5. The van der Waals surface area contributed by atoms with Crippen molar-refractivity contribution in [3.8, 4) is 5.75 Å². The van der Waals surface area contributed by atoms with Crippen LogP contribution in [0.25, 0.3) is 10.9 Å². The molecule has 0 radical (unpaired) electrons. The topological polar surface area (TPSA) is 54.9 Å². The van der Waals surface area contributed by atoms with Crippen molar-refractivity contribution >= 4 is 22.7 Å². The van der Waals surface area contributed by atoms with Crippen molar-refractivity contribution in [2.75, 3.05) is 31.1 Å². The third kappa shape index (κ3) is 5.45. The number of anilines is 1. The van der Waals surface area contributed by atoms with E-state index in [1.165, 1.54) is 0 Å². The van der Waals surface area contributed by atoms with Crippen LogP contribution in [0.2, 0.25) is 0 Å². The second-order valence-electron chi connectivity index (χ2n) is 8.78. The van der Waals surface area contributed by atoms with Gasteiger partial charge in [-0.3, -0.25) is 4.98 Å². The van der Waals surface area contributed by atoms with Crippen LogP contribution in [0.5, 0.6) is 5.75 Å². The summed E-state index contributed by atoms with van der Waals surface area (Å²) in [5.74, 6) is 0.824. The summed E-state index contributed by atoms with van der Waals surface area (Å²) in [4.78, 5) is 20.9. The standard InChI is InChI=1S/C25H29N3O3/c1-25(2,3)31-24(29)28-13-11-27(12-14-28)21-15-20-16-22(9-10-23(20)26-17-21)30-18-19-7-5-4-6-8-19/h4-10,15-17H,11-14,18H2,1-3H3. The van der Waals surface area contributed by atoms with E-state index in [2.05, 4.69) is 28.1 Å². The number of hydrogen-bond acceptors (Lipinski definition) is 5. The fourth-order valence-electron chi connectivity index (χ4n) is 3.58. The van der Waals surface area contributed by atoms with Gasteiger partial charge in [-0.2, -0.15) is 0 Å². The average Bonchev–Trinajstić information content (AvgIpc) is 2.77. The lowest BCUT2D eigenvalue weighted by atomic mass is 10.2. The molecule has 2 aromatic carbocycles. The Hall–Kier alpha value is -3.28. The molecule has 0 bridgehead atoms. The van der Waals surface area contributed by atoms with Crippen LogP contribution in [0.3, 0.4) is 0 Å². The first-order valence-electron chi connectivity index (χ1n) is 10.7. The molecule has 0 atom stereocenters. The molecule has 1 amide bonds. The molecule has 4 rings (SSSR count). The number of carbonyl (C=O) groups excluding carboxylic acids is 1. The maximum atomic E-state index is 12.3. The fourth-order valence-corrected chi connectivity index (χ4v) is 3.58. The van der Waals surface area contributed by atoms with Crippen LogP contribution >= 0.6 is 0 Å². The number of rotatable bonds is 4. The largest absolute Gasteiger partial charge is 0.489 e. The number of pyridine rings is 1. The molecule has 1 aliphatic heterocycles. The molecule has 1 aliphatic rings. The Kier molecular flexibility index (Phi) is 5.98. The minimum absolute atomic E-state index is 0.246. The number of hydrogen-bond donors (Lipinski definition) is 0. The minimum atomic E-state index is -0.475. The molecule has 162 valence electrons. The minimum Gasteiger partial charge on any atom is -0.489 e. The molecule has 6 heteroatoms. The van der Waals surface area contributed by atoms with Crippen LogP contribution in [-0.4, -0.2) is 47.8 Å². The number of carbonyl (C=O) groups is 1. The molecule has 31 heavy (non-hydrogen) atoms. The number of fused-ring (bicyclic) bond motifs is 1. The number of amides is 1. The Morgan fingerprint density at radius 3 is 2.45 bits per heavy atom. The number of piperazine rings is 1. The number of ether oxygens (including phenoxy) is 2. The summed E-state index contributed by atoms with van der Waals surface area (Å²) in [6.45, 7) is 8.96. The van der Waals surface area contributed by atoms with Crippen molar-refractivity contribution < 1.29 is 14.3 Å². The first-order valence-corrected chi connectivity index (χ1v) is 10.7. The molecule has 0 spiro atoms. The zero-order valence-electron chi connectivity index (χ0n) is 18.4. The molecule has 0 saturated carbocycles. The van der Waals surface area contributed by atoms with Crippen LogP contribution in [0.1, 0.15) is 26.3 Å². The summed E-state index contributed by atoms with van der Waals surface area (Å²) in [6.07, 6.45) is 1.65. The first kappa shape index (κ1) is 21.0. The van der Waals surface area contributed by atoms with Crippen LogP contribution in [0.4, 0.5) is 10.5 Å². The molecule has 0 unspecified atom stereocenters. The Balaban J connectivity index is 1.41. The van der Waals surface area contributed by atoms with Gasteiger partial charge in [-0.05, 0) is 50.6 Å². The van der Waals surface area contributed by atoms with Crippen molar-refractivity contribution in [3.63, 3.8) is 0 Å². The Labute approximate surface area is 183 Å². The number of nitrogens with zero attached hydrogens (tertiary/aromatic N) is 3. The predicted molar refractivity (Wildman–Crippen MR) is 123 cm³/mol. The van der Waals surface area contributed by atoms with Gasteiger partial charge in [-0.25, -0.2) is 4.79 Å². The van der Waals surface area contributed by atoms with E-state index in [0.29, 0.717) is 19.7 Å². The molecule has 1 aromatic heterocycles. The maximum Gasteiger partial charge on any atom is 0.410 e. The molecule has 0 N–H and O–H groups in total. The second kappa shape index (κ2) is 8.84. The SMILES string of the molecule is CC(C)(C)OC(=O)N1CCN(c2cnc3ccc(OCc4ccccc4)cc3c2)CC1. The van der Waals surface area contributed by atoms with Gasteiger partial charge in [0.25, 0.3) is 0 Å². The average molecular weight is 420 g/mol. The summed E-state index contributed by atoms with van der Waals surface area (Å²) in [5, 5.41) is 1.04. The first-order chi connectivity index (χ1) is 14.9. The summed E-state index contributed by atoms with van der Waals surface area (Å²) >= 11 is 0. The van der Waals surface area contributed by atoms with Crippen molar-refractivity contribution in [2.45, 2.75) is 33.0 Å². The van der Waals surface area contributed by atoms with E-state index in [9.17, 15) is 4.79 Å². The highest BCUT2D eigenvalue weighted by molar-refractivity contribution is 5.83. The van der Waals surface area contributed by atoms with Gasteiger partial charge >= 0.3 is 6.09 Å². The van der Waals surface area contributed by atoms with Gasteiger partial charge in [-0.15, -0.1) is 0 Å². The van der Waals surface area contributed by atoms with E-state index in [1.54, 1.807) is 4.90 Å². The van der Waals surface area contributed by atoms with Gasteiger partial charge in [0.2, 0.25) is 0 Å². The van der Waals surface area contributed by atoms with E-state index in [-0.39, 0.29) is 6.09 Å². The van der Waals surface area contributed by atoms with E-state index in [0.717, 1.165) is 41.0 Å². The lowest BCUT2D eigenvalue weighted by Gasteiger charge is -2.36. The van der Waals surface area contributed by atoms with E-state index in [4.69, 9.17) is 9.47 Å². The molecule has 0 aliphatic carbocycles. The van der Waals surface area contributed by atoms with Crippen LogP contribution in [0.15, 0.2) is 60.8 Å². The lowest BCUT2D eigenvalue weighted by Crippen LogP contribution is -2.50. The zero-order chi connectivity index (χ0) is 21.8. The quantitative estimate of drug-likeness (QED) is 0.604. The molecule has 3 aromatic rings. The molecule has 1 fully saturated rings. The highest BCUT2D eigenvalue weighted by Gasteiger charge is 2.26. The van der Waals surface area contributed by atoms with E-state index >= 15 is 0 Å². The van der Waals surface area contributed by atoms with Crippen molar-refractivity contribution in [1.82, 2.24) is 9.88 Å². The van der Waals surface area contributed by atoms with Crippen molar-refractivity contribution in [3.05, 3.63) is 66.4 Å². The summed E-state index contributed by atoms with van der Waals surface area (Å²) in [7, 11) is 0. The van der Waals surface area contributed by atoms with Crippen molar-refractivity contribution in [2.24, 2.45) is 0 Å². The maximum absolute atomic E-state index is 12.3. The fraction of sp³-hybridized carbons (Fsp3) is 0.360. The Morgan fingerprint density at radius 1 is 1.00 bits per heavy atom. The van der Waals surface area contributed by atoms with Gasteiger partial charge in [0.1, 0.15) is 18.0 Å². The summed E-state index contributed by atoms with van der Waals surface area (Å²) in [5.41, 5.74) is 2.65. The van der Waals surface area contributed by atoms with Crippen LogP contribution < -0.4 is 9.64 Å². The smallest absolute Gasteiger partial charge is 0.410 e. The molecular formula is C25H29N3O3. The van der Waals surface area contributed by atoms with Gasteiger partial charge in [0.05, 0.1) is 17.4 Å². The third-order valence-corrected chi connectivity index (χ3v) is 5.18. The van der Waals surface area contributed by atoms with E-state index in [1.807, 2.05) is 63.4 Å². The monoisotopic (exact) mass is 419 g/mol. The normalized spacial score (nSPS) is 14.5. The van der Waals surface area contributed by atoms with Crippen LogP contribution in [0, 0.1) is 0 Å². The van der Waals surface area contributed by atoms with Gasteiger partial charge in [0, 0.05) is 31.6 Å².